The van der Waals surface area contributed by atoms with Gasteiger partial charge in [-0.05, 0) is 80.5 Å². The van der Waals surface area contributed by atoms with Gasteiger partial charge >= 0.3 is 0 Å². The van der Waals surface area contributed by atoms with Crippen LogP contribution >= 0.6 is 0 Å². The Labute approximate surface area is 128 Å². The van der Waals surface area contributed by atoms with Gasteiger partial charge < -0.3 is 0 Å². The van der Waals surface area contributed by atoms with Crippen molar-refractivity contribution in [3.8, 4) is 12.3 Å². The molecule has 0 aromatic carbocycles. The van der Waals surface area contributed by atoms with Gasteiger partial charge in [0.05, 0.1) is 0 Å². The van der Waals surface area contributed by atoms with Gasteiger partial charge in [-0.1, -0.05) is 18.6 Å². The summed E-state index contributed by atoms with van der Waals surface area (Å²) in [7, 11) is 0. The molecule has 4 rings (SSSR count). The van der Waals surface area contributed by atoms with Gasteiger partial charge in [0.15, 0.2) is 0 Å². The standard InChI is InChI=1S/C20H27F/c1-3-14-5-9-19-18-7-4-13-12-15(21)6-8-16(13)17(18)10-11-20(14,19)2/h1,4,14-19H,5-12H2,2H3/t14?,15-,16-,17?,18?,19?,20+/m0/s1. The monoisotopic (exact) mass is 286 g/mol. The van der Waals surface area contributed by atoms with Gasteiger partial charge in [-0.3, -0.25) is 0 Å². The number of hydrogen-bond acceptors (Lipinski definition) is 0. The predicted octanol–water partition coefficient (Wildman–Crippen LogP) is 5.15. The highest BCUT2D eigenvalue weighted by Gasteiger charge is 2.55. The van der Waals surface area contributed by atoms with Gasteiger partial charge in [-0.15, -0.1) is 12.3 Å². The second-order valence-corrected chi connectivity index (χ2v) is 8.28. The zero-order chi connectivity index (χ0) is 14.6. The first-order valence-corrected chi connectivity index (χ1v) is 8.92. The Balaban J connectivity index is 1.62. The Morgan fingerprint density at radius 2 is 2.05 bits per heavy atom. The third-order valence-corrected chi connectivity index (χ3v) is 7.59. The Morgan fingerprint density at radius 1 is 1.19 bits per heavy atom. The number of rotatable bonds is 0. The number of hydrogen-bond donors (Lipinski definition) is 0. The highest BCUT2D eigenvalue weighted by Crippen LogP contribution is 2.63. The Morgan fingerprint density at radius 3 is 2.86 bits per heavy atom. The Hall–Kier alpha value is -0.770. The normalized spacial score (nSPS) is 52.1. The molecular weight excluding hydrogens is 259 g/mol. The molecule has 1 heteroatoms. The molecule has 0 radical (unpaired) electrons. The number of alkyl halides is 1. The van der Waals surface area contributed by atoms with Gasteiger partial charge in [-0.2, -0.15) is 0 Å². The van der Waals surface area contributed by atoms with E-state index in [0.29, 0.717) is 17.3 Å². The van der Waals surface area contributed by atoms with Crippen LogP contribution < -0.4 is 0 Å². The molecular formula is C20H27F. The number of terminal acetylenes is 1. The quantitative estimate of drug-likeness (QED) is 0.427. The lowest BCUT2D eigenvalue weighted by Crippen LogP contribution is -2.45. The van der Waals surface area contributed by atoms with Gasteiger partial charge in [0, 0.05) is 5.92 Å². The third-order valence-electron chi connectivity index (χ3n) is 7.59. The topological polar surface area (TPSA) is 0 Å². The van der Waals surface area contributed by atoms with E-state index in [0.717, 1.165) is 37.0 Å². The van der Waals surface area contributed by atoms with E-state index in [-0.39, 0.29) is 0 Å². The zero-order valence-corrected chi connectivity index (χ0v) is 13.2. The molecule has 0 spiro atoms. The molecule has 0 aliphatic heterocycles. The lowest BCUT2D eigenvalue weighted by Gasteiger charge is -2.53. The van der Waals surface area contributed by atoms with E-state index in [1.165, 1.54) is 37.7 Å². The van der Waals surface area contributed by atoms with Crippen molar-refractivity contribution in [1.82, 2.24) is 0 Å². The maximum Gasteiger partial charge on any atom is 0.104 e. The van der Waals surface area contributed by atoms with Crippen LogP contribution in [-0.2, 0) is 0 Å². The van der Waals surface area contributed by atoms with Crippen LogP contribution in [0.4, 0.5) is 4.39 Å². The summed E-state index contributed by atoms with van der Waals surface area (Å²) in [5.41, 5.74) is 1.85. The minimum absolute atomic E-state index is 0.387. The molecule has 3 fully saturated rings. The Kier molecular flexibility index (Phi) is 3.21. The summed E-state index contributed by atoms with van der Waals surface area (Å²) in [5, 5.41) is 0. The predicted molar refractivity (Wildman–Crippen MR) is 84.3 cm³/mol. The molecule has 21 heavy (non-hydrogen) atoms. The molecule has 114 valence electrons. The van der Waals surface area contributed by atoms with E-state index in [4.69, 9.17) is 6.42 Å². The first-order chi connectivity index (χ1) is 10.1. The maximum atomic E-state index is 13.7. The molecule has 4 unspecified atom stereocenters. The van der Waals surface area contributed by atoms with Crippen LogP contribution in [0.5, 0.6) is 0 Å². The third kappa shape index (κ3) is 1.94. The molecule has 0 nitrogen and oxygen atoms in total. The minimum Gasteiger partial charge on any atom is -0.247 e. The fourth-order valence-electron chi connectivity index (χ4n) is 6.50. The molecule has 0 aromatic rings. The van der Waals surface area contributed by atoms with E-state index in [2.05, 4.69) is 18.9 Å². The molecule has 4 aliphatic carbocycles. The lowest BCUT2D eigenvalue weighted by atomic mass is 9.52. The van der Waals surface area contributed by atoms with Crippen LogP contribution in [0.2, 0.25) is 0 Å². The first kappa shape index (κ1) is 13.9. The molecule has 0 N–H and O–H groups in total. The fourth-order valence-corrected chi connectivity index (χ4v) is 6.50. The van der Waals surface area contributed by atoms with Crippen molar-refractivity contribution in [2.45, 2.75) is 64.5 Å². The zero-order valence-electron chi connectivity index (χ0n) is 13.2. The van der Waals surface area contributed by atoms with Crippen molar-refractivity contribution in [2.24, 2.45) is 35.0 Å². The number of allylic oxidation sites excluding steroid dienone is 2. The summed E-state index contributed by atoms with van der Waals surface area (Å²) >= 11 is 0. The van der Waals surface area contributed by atoms with Crippen molar-refractivity contribution in [2.75, 3.05) is 0 Å². The van der Waals surface area contributed by atoms with Gasteiger partial charge in [0.2, 0.25) is 0 Å². The van der Waals surface area contributed by atoms with Crippen molar-refractivity contribution in [1.29, 1.82) is 0 Å². The van der Waals surface area contributed by atoms with Crippen molar-refractivity contribution in [3.63, 3.8) is 0 Å². The first-order valence-electron chi connectivity index (χ1n) is 8.92. The van der Waals surface area contributed by atoms with Crippen LogP contribution in [0, 0.1) is 47.3 Å². The molecule has 0 saturated heterocycles. The van der Waals surface area contributed by atoms with Crippen molar-refractivity contribution < 1.29 is 4.39 Å². The summed E-state index contributed by atoms with van der Waals surface area (Å²) in [6.45, 7) is 2.46. The number of fused-ring (bicyclic) bond motifs is 5. The molecule has 4 aliphatic rings. The summed E-state index contributed by atoms with van der Waals surface area (Å²) in [6.07, 6.45) is 16.7. The molecule has 3 saturated carbocycles. The smallest absolute Gasteiger partial charge is 0.104 e. The summed E-state index contributed by atoms with van der Waals surface area (Å²) < 4.78 is 13.7. The van der Waals surface area contributed by atoms with Crippen LogP contribution in [0.3, 0.4) is 0 Å². The molecule has 0 bridgehead atoms. The maximum absolute atomic E-state index is 13.7. The summed E-state index contributed by atoms with van der Waals surface area (Å²) in [6, 6.07) is 0. The van der Waals surface area contributed by atoms with Crippen molar-refractivity contribution in [3.05, 3.63) is 11.6 Å². The second-order valence-electron chi connectivity index (χ2n) is 8.28. The molecule has 0 aromatic heterocycles. The van der Waals surface area contributed by atoms with Crippen LogP contribution in [0.25, 0.3) is 0 Å². The van der Waals surface area contributed by atoms with E-state index in [9.17, 15) is 4.39 Å². The largest absolute Gasteiger partial charge is 0.247 e. The lowest BCUT2D eigenvalue weighted by molar-refractivity contribution is -0.00499. The van der Waals surface area contributed by atoms with E-state index >= 15 is 0 Å². The van der Waals surface area contributed by atoms with Crippen LogP contribution in [-0.4, -0.2) is 6.17 Å². The van der Waals surface area contributed by atoms with E-state index in [1.807, 2.05) is 0 Å². The molecule has 0 heterocycles. The summed E-state index contributed by atoms with van der Waals surface area (Å²) in [5.74, 6) is 6.76. The van der Waals surface area contributed by atoms with Gasteiger partial charge in [-0.25, -0.2) is 4.39 Å². The average molecular weight is 286 g/mol. The molecule has 7 atom stereocenters. The highest BCUT2D eigenvalue weighted by molar-refractivity contribution is 5.21. The number of halogens is 1. The van der Waals surface area contributed by atoms with Crippen LogP contribution in [0.1, 0.15) is 58.3 Å². The van der Waals surface area contributed by atoms with E-state index < -0.39 is 6.17 Å². The average Bonchev–Trinajstić information content (AvgIpc) is 2.83. The highest BCUT2D eigenvalue weighted by atomic mass is 19.1. The summed E-state index contributed by atoms with van der Waals surface area (Å²) in [4.78, 5) is 0. The minimum atomic E-state index is -0.574. The fraction of sp³-hybridized carbons (Fsp3) is 0.800. The van der Waals surface area contributed by atoms with Gasteiger partial charge in [0.1, 0.15) is 6.17 Å². The van der Waals surface area contributed by atoms with Crippen molar-refractivity contribution >= 4 is 0 Å². The molecule has 0 amide bonds. The SMILES string of the molecule is C#CC1CCC2C3CC=C4C[C@@H](F)CC[C@@H]4C3CC[C@]12C. The van der Waals surface area contributed by atoms with Crippen LogP contribution in [0.15, 0.2) is 11.6 Å². The second kappa shape index (κ2) is 4.87. The van der Waals surface area contributed by atoms with E-state index in [1.54, 1.807) is 0 Å². The Bertz CT molecular complexity index is 498. The van der Waals surface area contributed by atoms with Gasteiger partial charge in [0.25, 0.3) is 0 Å².